The third-order valence-corrected chi connectivity index (χ3v) is 4.27. The first-order chi connectivity index (χ1) is 11.9. The number of hydrogen-bond acceptors (Lipinski definition) is 4. The maximum atomic E-state index is 12.2. The van der Waals surface area contributed by atoms with Crippen LogP contribution in [0.4, 0.5) is 0 Å². The highest BCUT2D eigenvalue weighted by Gasteiger charge is 2.20. The van der Waals surface area contributed by atoms with Crippen LogP contribution >= 0.6 is 12.4 Å². The van der Waals surface area contributed by atoms with E-state index in [2.05, 4.69) is 20.9 Å². The summed E-state index contributed by atoms with van der Waals surface area (Å²) in [6.45, 7) is 11.8. The van der Waals surface area contributed by atoms with Gasteiger partial charge >= 0.3 is 0 Å². The number of carbonyl (C=O) groups excluding carboxylic acids is 2. The molecule has 7 heteroatoms. The van der Waals surface area contributed by atoms with Crippen LogP contribution < -0.4 is 16.0 Å². The molecular weight excluding hydrogens is 352 g/mol. The minimum Gasteiger partial charge on any atom is -0.352 e. The standard InChI is InChI=1S/C19H30N4O2.ClH/c1-19(2,3)18(25)22-14-15-4-6-16(7-5-15)17(24)21-10-13-23-11-8-20-9-12-23;/h4-7,20H,8-14H2,1-3H3,(H,21,24)(H,22,25);1H. The Balaban J connectivity index is 0.00000338. The number of hydrogen-bond donors (Lipinski definition) is 3. The van der Waals surface area contributed by atoms with E-state index in [-0.39, 0.29) is 24.2 Å². The third-order valence-electron chi connectivity index (χ3n) is 4.27. The van der Waals surface area contributed by atoms with Gasteiger partial charge in [0.05, 0.1) is 0 Å². The number of benzene rings is 1. The maximum absolute atomic E-state index is 12.2. The lowest BCUT2D eigenvalue weighted by Gasteiger charge is -2.27. The Morgan fingerprint density at radius 1 is 1.08 bits per heavy atom. The van der Waals surface area contributed by atoms with Crippen molar-refractivity contribution in [2.75, 3.05) is 39.3 Å². The van der Waals surface area contributed by atoms with Crippen molar-refractivity contribution in [1.29, 1.82) is 0 Å². The lowest BCUT2D eigenvalue weighted by molar-refractivity contribution is -0.128. The smallest absolute Gasteiger partial charge is 0.251 e. The molecule has 6 nitrogen and oxygen atoms in total. The van der Waals surface area contributed by atoms with Crippen LogP contribution in [0.15, 0.2) is 24.3 Å². The maximum Gasteiger partial charge on any atom is 0.251 e. The molecule has 0 radical (unpaired) electrons. The van der Waals surface area contributed by atoms with E-state index in [1.165, 1.54) is 0 Å². The summed E-state index contributed by atoms with van der Waals surface area (Å²) in [6.07, 6.45) is 0. The molecular formula is C19H31ClN4O2. The van der Waals surface area contributed by atoms with Crippen molar-refractivity contribution in [3.05, 3.63) is 35.4 Å². The summed E-state index contributed by atoms with van der Waals surface area (Å²) in [5, 5.41) is 9.19. The molecule has 1 aliphatic heterocycles. The fourth-order valence-corrected chi connectivity index (χ4v) is 2.59. The Hall–Kier alpha value is -1.63. The van der Waals surface area contributed by atoms with Gasteiger partial charge in [-0.15, -0.1) is 12.4 Å². The summed E-state index contributed by atoms with van der Waals surface area (Å²) < 4.78 is 0. The highest BCUT2D eigenvalue weighted by molar-refractivity contribution is 5.94. The molecule has 1 heterocycles. The first-order valence-corrected chi connectivity index (χ1v) is 8.95. The number of piperazine rings is 1. The van der Waals surface area contributed by atoms with E-state index in [0.717, 1.165) is 38.3 Å². The summed E-state index contributed by atoms with van der Waals surface area (Å²) >= 11 is 0. The zero-order valence-electron chi connectivity index (χ0n) is 15.9. The quantitative estimate of drug-likeness (QED) is 0.695. The van der Waals surface area contributed by atoms with Gasteiger partial charge in [-0.2, -0.15) is 0 Å². The van der Waals surface area contributed by atoms with Gasteiger partial charge in [0, 0.05) is 56.8 Å². The van der Waals surface area contributed by atoms with E-state index in [1.807, 2.05) is 32.9 Å². The molecule has 26 heavy (non-hydrogen) atoms. The van der Waals surface area contributed by atoms with Gasteiger partial charge in [0.25, 0.3) is 5.91 Å². The second kappa shape index (κ2) is 10.5. The molecule has 1 fully saturated rings. The summed E-state index contributed by atoms with van der Waals surface area (Å²) in [4.78, 5) is 26.4. The highest BCUT2D eigenvalue weighted by Crippen LogP contribution is 2.13. The van der Waals surface area contributed by atoms with Crippen molar-refractivity contribution >= 4 is 24.2 Å². The van der Waals surface area contributed by atoms with E-state index >= 15 is 0 Å². The Kier molecular flexibility index (Phi) is 9.05. The molecule has 0 unspecified atom stereocenters. The zero-order chi connectivity index (χ0) is 18.3. The number of nitrogens with one attached hydrogen (secondary N) is 3. The van der Waals surface area contributed by atoms with Crippen molar-refractivity contribution in [3.8, 4) is 0 Å². The highest BCUT2D eigenvalue weighted by atomic mass is 35.5. The molecule has 0 aliphatic carbocycles. The predicted octanol–water partition coefficient (Wildman–Crippen LogP) is 1.41. The van der Waals surface area contributed by atoms with Crippen molar-refractivity contribution < 1.29 is 9.59 Å². The van der Waals surface area contributed by atoms with Gasteiger partial charge in [-0.1, -0.05) is 32.9 Å². The van der Waals surface area contributed by atoms with Gasteiger partial charge in [0.2, 0.25) is 5.91 Å². The summed E-state index contributed by atoms with van der Waals surface area (Å²) in [5.74, 6) is -0.0392. The molecule has 1 saturated heterocycles. The Bertz CT molecular complexity index is 578. The Labute approximate surface area is 162 Å². The van der Waals surface area contributed by atoms with Crippen LogP contribution in [0.1, 0.15) is 36.7 Å². The van der Waals surface area contributed by atoms with Gasteiger partial charge < -0.3 is 16.0 Å². The molecule has 1 aromatic carbocycles. The van der Waals surface area contributed by atoms with E-state index < -0.39 is 5.41 Å². The van der Waals surface area contributed by atoms with Crippen LogP contribution in [0.2, 0.25) is 0 Å². The van der Waals surface area contributed by atoms with E-state index in [1.54, 1.807) is 12.1 Å². The number of halogens is 1. The van der Waals surface area contributed by atoms with Gasteiger partial charge in [-0.25, -0.2) is 0 Å². The van der Waals surface area contributed by atoms with Crippen LogP contribution in [0, 0.1) is 5.41 Å². The monoisotopic (exact) mass is 382 g/mol. The molecule has 0 aromatic heterocycles. The number of amides is 2. The minimum atomic E-state index is -0.399. The van der Waals surface area contributed by atoms with E-state index in [0.29, 0.717) is 18.7 Å². The average molecular weight is 383 g/mol. The molecule has 1 aliphatic rings. The molecule has 0 saturated carbocycles. The topological polar surface area (TPSA) is 73.5 Å². The lowest BCUT2D eigenvalue weighted by atomic mass is 9.95. The molecule has 1 aromatic rings. The first kappa shape index (κ1) is 22.4. The van der Waals surface area contributed by atoms with Crippen LogP contribution in [0.25, 0.3) is 0 Å². The summed E-state index contributed by atoms with van der Waals surface area (Å²) in [6, 6.07) is 7.37. The van der Waals surface area contributed by atoms with Crippen LogP contribution in [0.5, 0.6) is 0 Å². The van der Waals surface area contributed by atoms with E-state index in [9.17, 15) is 9.59 Å². The fourth-order valence-electron chi connectivity index (χ4n) is 2.59. The van der Waals surface area contributed by atoms with Crippen LogP contribution in [0.3, 0.4) is 0 Å². The second-order valence-electron chi connectivity index (χ2n) is 7.48. The average Bonchev–Trinajstić information content (AvgIpc) is 2.60. The SMILES string of the molecule is CC(C)(C)C(=O)NCc1ccc(C(=O)NCCN2CCNCC2)cc1.Cl. The number of carbonyl (C=O) groups is 2. The van der Waals surface area contributed by atoms with E-state index in [4.69, 9.17) is 0 Å². The third kappa shape index (κ3) is 7.32. The van der Waals surface area contributed by atoms with Gasteiger partial charge in [-0.3, -0.25) is 14.5 Å². The zero-order valence-corrected chi connectivity index (χ0v) is 16.7. The fraction of sp³-hybridized carbons (Fsp3) is 0.579. The van der Waals surface area contributed by atoms with Crippen molar-refractivity contribution in [2.45, 2.75) is 27.3 Å². The van der Waals surface area contributed by atoms with Crippen LogP contribution in [-0.2, 0) is 11.3 Å². The lowest BCUT2D eigenvalue weighted by Crippen LogP contribution is -2.46. The predicted molar refractivity (Wildman–Crippen MR) is 107 cm³/mol. The molecule has 2 amide bonds. The Morgan fingerprint density at radius 3 is 2.27 bits per heavy atom. The molecule has 3 N–H and O–H groups in total. The molecule has 0 bridgehead atoms. The minimum absolute atomic E-state index is 0. The summed E-state index contributed by atoms with van der Waals surface area (Å²) in [5.41, 5.74) is 1.23. The van der Waals surface area contributed by atoms with Crippen molar-refractivity contribution in [2.24, 2.45) is 5.41 Å². The van der Waals surface area contributed by atoms with Gasteiger partial charge in [0.1, 0.15) is 0 Å². The normalized spacial score (nSPS) is 15.0. The second-order valence-corrected chi connectivity index (χ2v) is 7.48. The van der Waals surface area contributed by atoms with Crippen molar-refractivity contribution in [1.82, 2.24) is 20.9 Å². The van der Waals surface area contributed by atoms with Gasteiger partial charge in [0.15, 0.2) is 0 Å². The first-order valence-electron chi connectivity index (χ1n) is 8.95. The molecule has 146 valence electrons. The molecule has 2 rings (SSSR count). The van der Waals surface area contributed by atoms with Gasteiger partial charge in [-0.05, 0) is 17.7 Å². The number of rotatable bonds is 6. The Morgan fingerprint density at radius 2 is 1.69 bits per heavy atom. The summed E-state index contributed by atoms with van der Waals surface area (Å²) in [7, 11) is 0. The van der Waals surface area contributed by atoms with Crippen molar-refractivity contribution in [3.63, 3.8) is 0 Å². The number of nitrogens with zero attached hydrogens (tertiary/aromatic N) is 1. The van der Waals surface area contributed by atoms with Crippen LogP contribution in [-0.4, -0.2) is 56.0 Å². The molecule has 0 atom stereocenters. The largest absolute Gasteiger partial charge is 0.352 e. The molecule has 0 spiro atoms.